The number of rotatable bonds is 0. The second-order valence-electron chi connectivity index (χ2n) is 1.86. The van der Waals surface area contributed by atoms with E-state index in [0.717, 1.165) is 0 Å². The van der Waals surface area contributed by atoms with Gasteiger partial charge in [-0.3, -0.25) is 0 Å². The first-order valence-corrected chi connectivity index (χ1v) is 3.56. The van der Waals surface area contributed by atoms with Crippen LogP contribution in [-0.2, 0) is 0 Å². The van der Waals surface area contributed by atoms with E-state index in [1.54, 1.807) is 12.3 Å². The minimum Gasteiger partial charge on any atom is -0.226 e. The lowest BCUT2D eigenvalue weighted by molar-refractivity contribution is 0.923. The van der Waals surface area contributed by atoms with Crippen molar-refractivity contribution < 1.29 is 0 Å². The van der Waals surface area contributed by atoms with Gasteiger partial charge in [0.05, 0.1) is 0 Å². The summed E-state index contributed by atoms with van der Waals surface area (Å²) in [5.74, 6) is 0. The van der Waals surface area contributed by atoms with Crippen LogP contribution in [0.1, 0.15) is 0 Å². The zero-order chi connectivity index (χ0) is 7.84. The van der Waals surface area contributed by atoms with Gasteiger partial charge in [-0.25, -0.2) is 4.98 Å². The third-order valence-corrected chi connectivity index (χ3v) is 1.60. The average molecular weight is 189 g/mol. The molecule has 0 N–H and O–H groups in total. The fourth-order valence-electron chi connectivity index (χ4n) is 0.762. The summed E-state index contributed by atoms with van der Waals surface area (Å²) < 4.78 is 1.36. The SMILES string of the molecule is Clc1nc2ccnc(Cl)n2n1. The van der Waals surface area contributed by atoms with Gasteiger partial charge in [-0.15, -0.1) is 5.10 Å². The fraction of sp³-hybridized carbons (Fsp3) is 0. The number of halogens is 2. The Bertz CT molecular complexity index is 396. The molecular weight excluding hydrogens is 187 g/mol. The summed E-state index contributed by atoms with van der Waals surface area (Å²) in [4.78, 5) is 7.65. The molecule has 0 spiro atoms. The summed E-state index contributed by atoms with van der Waals surface area (Å²) in [6.07, 6.45) is 1.54. The maximum atomic E-state index is 5.66. The first kappa shape index (κ1) is 6.82. The zero-order valence-corrected chi connectivity index (χ0v) is 6.71. The van der Waals surface area contributed by atoms with Gasteiger partial charge in [-0.2, -0.15) is 9.50 Å². The Kier molecular flexibility index (Phi) is 1.44. The topological polar surface area (TPSA) is 43.1 Å². The second kappa shape index (κ2) is 2.32. The summed E-state index contributed by atoms with van der Waals surface area (Å²) in [5.41, 5.74) is 0.593. The standard InChI is InChI=1S/C5H2Cl2N4/c6-4-9-3-1-2-8-5(7)11(3)10-4/h1-2H. The van der Waals surface area contributed by atoms with Crippen LogP contribution in [-0.4, -0.2) is 19.6 Å². The van der Waals surface area contributed by atoms with Crippen LogP contribution < -0.4 is 0 Å². The van der Waals surface area contributed by atoms with Crippen LogP contribution in [0.15, 0.2) is 12.3 Å². The van der Waals surface area contributed by atoms with Crippen molar-refractivity contribution in [1.82, 2.24) is 19.6 Å². The molecule has 0 aliphatic rings. The Balaban J connectivity index is 2.90. The van der Waals surface area contributed by atoms with Crippen molar-refractivity contribution in [3.63, 3.8) is 0 Å². The molecule has 0 amide bonds. The lowest BCUT2D eigenvalue weighted by atomic mass is 10.6. The summed E-state index contributed by atoms with van der Waals surface area (Å²) in [6.45, 7) is 0. The van der Waals surface area contributed by atoms with Crippen molar-refractivity contribution in [2.75, 3.05) is 0 Å². The van der Waals surface area contributed by atoms with Gasteiger partial charge >= 0.3 is 0 Å². The van der Waals surface area contributed by atoms with Crippen LogP contribution >= 0.6 is 23.2 Å². The molecule has 0 aliphatic heterocycles. The van der Waals surface area contributed by atoms with Crippen LogP contribution in [0.4, 0.5) is 0 Å². The van der Waals surface area contributed by atoms with Gasteiger partial charge in [-0.05, 0) is 23.2 Å². The Morgan fingerprint density at radius 1 is 1.36 bits per heavy atom. The highest BCUT2D eigenvalue weighted by molar-refractivity contribution is 6.29. The normalized spacial score (nSPS) is 10.7. The minimum absolute atomic E-state index is 0.167. The number of hydrogen-bond donors (Lipinski definition) is 0. The summed E-state index contributed by atoms with van der Waals surface area (Å²) in [6, 6.07) is 1.67. The van der Waals surface area contributed by atoms with Crippen molar-refractivity contribution in [2.24, 2.45) is 0 Å². The van der Waals surface area contributed by atoms with E-state index in [0.29, 0.717) is 5.65 Å². The van der Waals surface area contributed by atoms with E-state index in [1.807, 2.05) is 0 Å². The molecule has 6 heteroatoms. The van der Waals surface area contributed by atoms with E-state index in [2.05, 4.69) is 15.1 Å². The number of fused-ring (bicyclic) bond motifs is 1. The summed E-state index contributed by atoms with van der Waals surface area (Å²) >= 11 is 11.2. The van der Waals surface area contributed by atoms with Gasteiger partial charge in [0.1, 0.15) is 0 Å². The Hall–Kier alpha value is -0.870. The summed E-state index contributed by atoms with van der Waals surface area (Å²) in [5, 5.41) is 4.21. The van der Waals surface area contributed by atoms with Crippen LogP contribution in [0.5, 0.6) is 0 Å². The molecule has 0 bridgehead atoms. The first-order valence-electron chi connectivity index (χ1n) is 2.80. The van der Waals surface area contributed by atoms with E-state index in [-0.39, 0.29) is 10.6 Å². The van der Waals surface area contributed by atoms with E-state index >= 15 is 0 Å². The molecule has 4 nitrogen and oxygen atoms in total. The largest absolute Gasteiger partial charge is 0.243 e. The fourth-order valence-corrected chi connectivity index (χ4v) is 1.10. The Morgan fingerprint density at radius 2 is 2.18 bits per heavy atom. The highest BCUT2D eigenvalue weighted by Crippen LogP contribution is 2.09. The molecule has 2 aromatic heterocycles. The highest BCUT2D eigenvalue weighted by Gasteiger charge is 2.02. The maximum absolute atomic E-state index is 5.66. The third kappa shape index (κ3) is 1.04. The van der Waals surface area contributed by atoms with Crippen LogP contribution in [0.2, 0.25) is 10.6 Å². The van der Waals surface area contributed by atoms with E-state index < -0.39 is 0 Å². The molecule has 0 aliphatic carbocycles. The molecule has 0 fully saturated rings. The molecule has 2 aromatic rings. The van der Waals surface area contributed by atoms with Gasteiger partial charge in [-0.1, -0.05) is 0 Å². The molecule has 2 rings (SSSR count). The van der Waals surface area contributed by atoms with Gasteiger partial charge in [0.2, 0.25) is 10.6 Å². The predicted molar refractivity (Wildman–Crippen MR) is 40.8 cm³/mol. The molecule has 0 saturated heterocycles. The highest BCUT2D eigenvalue weighted by atomic mass is 35.5. The molecule has 11 heavy (non-hydrogen) atoms. The number of nitrogens with zero attached hydrogens (tertiary/aromatic N) is 4. The molecule has 0 unspecified atom stereocenters. The maximum Gasteiger partial charge on any atom is 0.243 e. The number of hydrogen-bond acceptors (Lipinski definition) is 3. The van der Waals surface area contributed by atoms with Crippen molar-refractivity contribution >= 4 is 28.8 Å². The zero-order valence-electron chi connectivity index (χ0n) is 5.20. The van der Waals surface area contributed by atoms with Crippen molar-refractivity contribution in [3.8, 4) is 0 Å². The van der Waals surface area contributed by atoms with Crippen LogP contribution in [0, 0.1) is 0 Å². The Morgan fingerprint density at radius 3 is 2.91 bits per heavy atom. The van der Waals surface area contributed by atoms with E-state index in [4.69, 9.17) is 23.2 Å². The van der Waals surface area contributed by atoms with E-state index in [1.165, 1.54) is 4.52 Å². The minimum atomic E-state index is 0.167. The monoisotopic (exact) mass is 188 g/mol. The molecule has 0 atom stereocenters. The quantitative estimate of drug-likeness (QED) is 0.588. The van der Waals surface area contributed by atoms with Crippen LogP contribution in [0.3, 0.4) is 0 Å². The van der Waals surface area contributed by atoms with Crippen molar-refractivity contribution in [3.05, 3.63) is 22.8 Å². The van der Waals surface area contributed by atoms with Crippen molar-refractivity contribution in [1.29, 1.82) is 0 Å². The van der Waals surface area contributed by atoms with Gasteiger partial charge < -0.3 is 0 Å². The lowest BCUT2D eigenvalue weighted by Gasteiger charge is -1.90. The summed E-state index contributed by atoms with van der Waals surface area (Å²) in [7, 11) is 0. The number of aromatic nitrogens is 4. The van der Waals surface area contributed by atoms with Gasteiger partial charge in [0, 0.05) is 12.3 Å². The van der Waals surface area contributed by atoms with Gasteiger partial charge in [0.15, 0.2) is 5.65 Å². The van der Waals surface area contributed by atoms with Crippen LogP contribution in [0.25, 0.3) is 5.65 Å². The molecular formula is C5H2Cl2N4. The smallest absolute Gasteiger partial charge is 0.226 e. The predicted octanol–water partition coefficient (Wildman–Crippen LogP) is 1.43. The molecule has 0 radical (unpaired) electrons. The molecule has 2 heterocycles. The molecule has 0 aromatic carbocycles. The van der Waals surface area contributed by atoms with E-state index in [9.17, 15) is 0 Å². The van der Waals surface area contributed by atoms with Gasteiger partial charge in [0.25, 0.3) is 0 Å². The third-order valence-electron chi connectivity index (χ3n) is 1.19. The molecule has 0 saturated carbocycles. The lowest BCUT2D eigenvalue weighted by Crippen LogP contribution is -1.90. The second-order valence-corrected chi connectivity index (χ2v) is 2.54. The van der Waals surface area contributed by atoms with Crippen molar-refractivity contribution in [2.45, 2.75) is 0 Å². The average Bonchev–Trinajstić information content (AvgIpc) is 2.31. The Labute approximate surface area is 71.8 Å². The molecule has 56 valence electrons. The first-order chi connectivity index (χ1) is 5.27.